The van der Waals surface area contributed by atoms with E-state index >= 15 is 0 Å². The fourth-order valence-corrected chi connectivity index (χ4v) is 2.25. The summed E-state index contributed by atoms with van der Waals surface area (Å²) in [6.07, 6.45) is 0.508. The lowest BCUT2D eigenvalue weighted by Gasteiger charge is -2.10. The van der Waals surface area contributed by atoms with Gasteiger partial charge in [-0.2, -0.15) is 11.3 Å². The SMILES string of the molecule is NC(Cc1ccc(F)c(F)c1)c1ccsc1. The topological polar surface area (TPSA) is 26.0 Å². The van der Waals surface area contributed by atoms with Crippen molar-refractivity contribution < 1.29 is 8.78 Å². The van der Waals surface area contributed by atoms with Crippen LogP contribution in [0.5, 0.6) is 0 Å². The number of thiophene rings is 1. The summed E-state index contributed by atoms with van der Waals surface area (Å²) in [5.74, 6) is -1.65. The molecule has 0 aliphatic carbocycles. The minimum absolute atomic E-state index is 0.170. The Balaban J connectivity index is 2.12. The number of hydrogen-bond acceptors (Lipinski definition) is 2. The highest BCUT2D eigenvalue weighted by Crippen LogP contribution is 2.19. The molecule has 0 fully saturated rings. The van der Waals surface area contributed by atoms with Gasteiger partial charge in [0, 0.05) is 6.04 Å². The van der Waals surface area contributed by atoms with E-state index in [0.29, 0.717) is 12.0 Å². The number of benzene rings is 1. The van der Waals surface area contributed by atoms with E-state index in [1.807, 2.05) is 16.8 Å². The zero-order chi connectivity index (χ0) is 11.5. The Morgan fingerprint density at radius 2 is 2.00 bits per heavy atom. The molecular weight excluding hydrogens is 228 g/mol. The van der Waals surface area contributed by atoms with Crippen LogP contribution in [0.2, 0.25) is 0 Å². The van der Waals surface area contributed by atoms with Crippen LogP contribution in [0.4, 0.5) is 8.78 Å². The number of halogens is 2. The number of rotatable bonds is 3. The quantitative estimate of drug-likeness (QED) is 0.874. The van der Waals surface area contributed by atoms with Gasteiger partial charge in [0.05, 0.1) is 0 Å². The Morgan fingerprint density at radius 3 is 2.62 bits per heavy atom. The zero-order valence-corrected chi connectivity index (χ0v) is 9.31. The highest BCUT2D eigenvalue weighted by molar-refractivity contribution is 7.07. The average Bonchev–Trinajstić information content (AvgIpc) is 2.77. The first-order valence-corrected chi connectivity index (χ1v) is 5.82. The largest absolute Gasteiger partial charge is 0.324 e. The monoisotopic (exact) mass is 239 g/mol. The lowest BCUT2D eigenvalue weighted by Crippen LogP contribution is -2.12. The number of hydrogen-bond donors (Lipinski definition) is 1. The second kappa shape index (κ2) is 4.72. The summed E-state index contributed by atoms with van der Waals surface area (Å²) in [7, 11) is 0. The summed E-state index contributed by atoms with van der Waals surface area (Å²) in [4.78, 5) is 0. The van der Waals surface area contributed by atoms with E-state index in [1.54, 1.807) is 17.4 Å². The molecule has 4 heteroatoms. The van der Waals surface area contributed by atoms with E-state index in [1.165, 1.54) is 6.07 Å². The van der Waals surface area contributed by atoms with Crippen LogP contribution in [0.3, 0.4) is 0 Å². The van der Waals surface area contributed by atoms with Gasteiger partial charge in [-0.3, -0.25) is 0 Å². The van der Waals surface area contributed by atoms with Gasteiger partial charge in [-0.05, 0) is 46.5 Å². The van der Waals surface area contributed by atoms with Crippen molar-refractivity contribution in [3.8, 4) is 0 Å². The Kier molecular flexibility index (Phi) is 3.31. The third kappa shape index (κ3) is 2.46. The molecule has 1 nitrogen and oxygen atoms in total. The van der Waals surface area contributed by atoms with Gasteiger partial charge in [0.15, 0.2) is 11.6 Å². The predicted octanol–water partition coefficient (Wildman–Crippen LogP) is 3.27. The molecule has 0 aliphatic heterocycles. The van der Waals surface area contributed by atoms with Crippen molar-refractivity contribution in [3.63, 3.8) is 0 Å². The van der Waals surface area contributed by atoms with Gasteiger partial charge >= 0.3 is 0 Å². The smallest absolute Gasteiger partial charge is 0.159 e. The molecule has 0 bridgehead atoms. The molecule has 0 saturated heterocycles. The molecule has 2 aromatic rings. The van der Waals surface area contributed by atoms with Gasteiger partial charge < -0.3 is 5.73 Å². The van der Waals surface area contributed by atoms with E-state index in [4.69, 9.17) is 5.73 Å². The molecule has 16 heavy (non-hydrogen) atoms. The van der Waals surface area contributed by atoms with Gasteiger partial charge in [0.1, 0.15) is 0 Å². The van der Waals surface area contributed by atoms with Gasteiger partial charge in [0.25, 0.3) is 0 Å². The van der Waals surface area contributed by atoms with Crippen molar-refractivity contribution in [3.05, 3.63) is 57.8 Å². The van der Waals surface area contributed by atoms with Crippen LogP contribution in [0.25, 0.3) is 0 Å². The van der Waals surface area contributed by atoms with Crippen molar-refractivity contribution in [1.29, 1.82) is 0 Å². The van der Waals surface area contributed by atoms with Crippen molar-refractivity contribution in [1.82, 2.24) is 0 Å². The first-order valence-electron chi connectivity index (χ1n) is 4.88. The third-order valence-corrected chi connectivity index (χ3v) is 3.11. The van der Waals surface area contributed by atoms with Crippen molar-refractivity contribution in [2.24, 2.45) is 5.73 Å². The van der Waals surface area contributed by atoms with E-state index < -0.39 is 11.6 Å². The maximum absolute atomic E-state index is 13.0. The molecule has 84 valence electrons. The second-order valence-electron chi connectivity index (χ2n) is 3.62. The molecule has 0 spiro atoms. The molecule has 0 aliphatic rings. The summed E-state index contributed by atoms with van der Waals surface area (Å²) < 4.78 is 25.7. The van der Waals surface area contributed by atoms with Crippen molar-refractivity contribution >= 4 is 11.3 Å². The highest BCUT2D eigenvalue weighted by Gasteiger charge is 2.09. The lowest BCUT2D eigenvalue weighted by atomic mass is 10.0. The maximum Gasteiger partial charge on any atom is 0.159 e. The lowest BCUT2D eigenvalue weighted by molar-refractivity contribution is 0.506. The number of nitrogens with two attached hydrogens (primary N) is 1. The molecular formula is C12H11F2NS. The minimum atomic E-state index is -0.826. The molecule has 2 rings (SSSR count). The Bertz CT molecular complexity index is 468. The van der Waals surface area contributed by atoms with Gasteiger partial charge in [-0.1, -0.05) is 6.07 Å². The third-order valence-electron chi connectivity index (χ3n) is 2.41. The van der Waals surface area contributed by atoms with Gasteiger partial charge in [-0.15, -0.1) is 0 Å². The van der Waals surface area contributed by atoms with Crippen LogP contribution in [-0.2, 0) is 6.42 Å². The Hall–Kier alpha value is -1.26. The van der Waals surface area contributed by atoms with Crippen LogP contribution in [-0.4, -0.2) is 0 Å². The normalized spacial score (nSPS) is 12.7. The predicted molar refractivity (Wildman–Crippen MR) is 61.3 cm³/mol. The fourth-order valence-electron chi connectivity index (χ4n) is 1.52. The molecule has 1 unspecified atom stereocenters. The first-order chi connectivity index (χ1) is 7.66. The van der Waals surface area contributed by atoms with Crippen LogP contribution in [0, 0.1) is 11.6 Å². The Morgan fingerprint density at radius 1 is 1.19 bits per heavy atom. The van der Waals surface area contributed by atoms with E-state index in [9.17, 15) is 8.78 Å². The average molecular weight is 239 g/mol. The Labute approximate surface area is 96.5 Å². The van der Waals surface area contributed by atoms with Gasteiger partial charge in [-0.25, -0.2) is 8.78 Å². The van der Waals surface area contributed by atoms with Crippen LogP contribution >= 0.6 is 11.3 Å². The molecule has 0 saturated carbocycles. The van der Waals surface area contributed by atoms with E-state index in [-0.39, 0.29) is 6.04 Å². The first kappa shape index (κ1) is 11.2. The maximum atomic E-state index is 13.0. The molecule has 1 heterocycles. The van der Waals surface area contributed by atoms with Crippen LogP contribution < -0.4 is 5.73 Å². The minimum Gasteiger partial charge on any atom is -0.324 e. The summed E-state index contributed by atoms with van der Waals surface area (Å²) in [5, 5.41) is 3.91. The zero-order valence-electron chi connectivity index (χ0n) is 8.49. The standard InChI is InChI=1S/C12H11F2NS/c13-10-2-1-8(5-11(10)14)6-12(15)9-3-4-16-7-9/h1-5,7,12H,6,15H2. The summed E-state index contributed by atoms with van der Waals surface area (Å²) >= 11 is 1.57. The van der Waals surface area contributed by atoms with E-state index in [0.717, 1.165) is 11.6 Å². The van der Waals surface area contributed by atoms with Crippen molar-refractivity contribution in [2.45, 2.75) is 12.5 Å². The molecule has 1 atom stereocenters. The highest BCUT2D eigenvalue weighted by atomic mass is 32.1. The second-order valence-corrected chi connectivity index (χ2v) is 4.40. The summed E-state index contributed by atoms with van der Waals surface area (Å²) in [5.41, 5.74) is 7.68. The molecule has 2 N–H and O–H groups in total. The van der Waals surface area contributed by atoms with Gasteiger partial charge in [0.2, 0.25) is 0 Å². The summed E-state index contributed by atoms with van der Waals surface area (Å²) in [6.45, 7) is 0. The van der Waals surface area contributed by atoms with Crippen molar-refractivity contribution in [2.75, 3.05) is 0 Å². The summed E-state index contributed by atoms with van der Waals surface area (Å²) in [6, 6.07) is 5.66. The molecule has 1 aromatic carbocycles. The molecule has 0 radical (unpaired) electrons. The fraction of sp³-hybridized carbons (Fsp3) is 0.167. The van der Waals surface area contributed by atoms with Crippen LogP contribution in [0.1, 0.15) is 17.2 Å². The molecule has 1 aromatic heterocycles. The molecule has 0 amide bonds. The van der Waals surface area contributed by atoms with Crippen LogP contribution in [0.15, 0.2) is 35.0 Å². The van der Waals surface area contributed by atoms with E-state index in [2.05, 4.69) is 0 Å².